The third-order valence-corrected chi connectivity index (χ3v) is 7.62. The molecule has 0 spiro atoms. The molecule has 0 saturated carbocycles. The van der Waals surface area contributed by atoms with Gasteiger partial charge in [0, 0.05) is 17.1 Å². The van der Waals surface area contributed by atoms with Crippen LogP contribution in [0, 0.1) is 0 Å². The Morgan fingerprint density at radius 2 is 1.87 bits per heavy atom. The number of thiophene rings is 1. The van der Waals surface area contributed by atoms with Crippen molar-refractivity contribution < 1.29 is 4.79 Å². The molecule has 150 valence electrons. The van der Waals surface area contributed by atoms with Crippen molar-refractivity contribution in [1.29, 1.82) is 0 Å². The maximum absolute atomic E-state index is 12.7. The summed E-state index contributed by atoms with van der Waals surface area (Å²) in [6, 6.07) is 22.2. The number of carbonyl (C=O) groups is 1. The van der Waals surface area contributed by atoms with E-state index >= 15 is 0 Å². The molecule has 0 fully saturated rings. The normalized spacial score (nSPS) is 12.4. The summed E-state index contributed by atoms with van der Waals surface area (Å²) in [5.41, 5.74) is 2.20. The van der Waals surface area contributed by atoms with Crippen LogP contribution in [-0.2, 0) is 4.79 Å². The molecular weight excluding hydrogens is 432 g/mol. The smallest absolute Gasteiger partial charge is 0.221 e. The first-order chi connectivity index (χ1) is 14.8. The molecule has 1 amide bonds. The van der Waals surface area contributed by atoms with Crippen molar-refractivity contribution in [2.24, 2.45) is 0 Å². The Morgan fingerprint density at radius 1 is 1.03 bits per heavy atom. The number of thiazole rings is 1. The van der Waals surface area contributed by atoms with Crippen LogP contribution in [0.15, 0.2) is 77.3 Å². The van der Waals surface area contributed by atoms with Crippen LogP contribution >= 0.6 is 34.4 Å². The number of thioether (sulfide) groups is 1. The molecule has 30 heavy (non-hydrogen) atoms. The topological polar surface area (TPSA) is 59.3 Å². The number of aromatic nitrogens is 3. The second-order valence-corrected chi connectivity index (χ2v) is 9.75. The van der Waals surface area contributed by atoms with Crippen LogP contribution in [0.5, 0.6) is 0 Å². The third kappa shape index (κ3) is 3.86. The van der Waals surface area contributed by atoms with E-state index in [0.717, 1.165) is 26.1 Å². The summed E-state index contributed by atoms with van der Waals surface area (Å²) in [6.45, 7) is 0. The maximum atomic E-state index is 12.7. The van der Waals surface area contributed by atoms with Crippen LogP contribution in [0.2, 0.25) is 0 Å². The van der Waals surface area contributed by atoms with Crippen molar-refractivity contribution in [2.45, 2.75) is 17.6 Å². The summed E-state index contributed by atoms with van der Waals surface area (Å²) in [5.74, 6) is 0.670. The minimum atomic E-state index is -0.121. The van der Waals surface area contributed by atoms with Gasteiger partial charge in [0.05, 0.1) is 16.3 Å². The largest absolute Gasteiger partial charge is 0.344 e. The van der Waals surface area contributed by atoms with Crippen molar-refractivity contribution in [1.82, 2.24) is 19.9 Å². The molecule has 0 bridgehead atoms. The Bertz CT molecular complexity index is 1280. The first-order valence-electron chi connectivity index (χ1n) is 9.53. The highest BCUT2D eigenvalue weighted by Crippen LogP contribution is 2.30. The van der Waals surface area contributed by atoms with Gasteiger partial charge in [-0.2, -0.15) is 0 Å². The summed E-state index contributed by atoms with van der Waals surface area (Å²) in [6.07, 6.45) is 0.413. The summed E-state index contributed by atoms with van der Waals surface area (Å²) in [4.78, 5) is 14.7. The molecule has 0 aliphatic rings. The lowest BCUT2D eigenvalue weighted by molar-refractivity contribution is -0.121. The highest BCUT2D eigenvalue weighted by Gasteiger charge is 2.18. The molecule has 0 aliphatic carbocycles. The van der Waals surface area contributed by atoms with E-state index in [1.807, 2.05) is 53.9 Å². The van der Waals surface area contributed by atoms with Crippen molar-refractivity contribution in [3.63, 3.8) is 0 Å². The number of para-hydroxylation sites is 1. The SMILES string of the molecule is O=C(CCSc1nnc2sc3ccccc3n12)NC(c1ccccc1)c1cccs1. The van der Waals surface area contributed by atoms with Crippen LogP contribution in [-0.4, -0.2) is 26.3 Å². The van der Waals surface area contributed by atoms with E-state index in [4.69, 9.17) is 0 Å². The lowest BCUT2D eigenvalue weighted by Gasteiger charge is -2.18. The fourth-order valence-corrected chi connectivity index (χ4v) is 6.04. The van der Waals surface area contributed by atoms with E-state index < -0.39 is 0 Å². The lowest BCUT2D eigenvalue weighted by atomic mass is 10.1. The van der Waals surface area contributed by atoms with Gasteiger partial charge in [0.2, 0.25) is 10.9 Å². The van der Waals surface area contributed by atoms with Crippen LogP contribution in [0.1, 0.15) is 22.9 Å². The molecule has 5 aromatic rings. The Morgan fingerprint density at radius 3 is 2.70 bits per heavy atom. The van der Waals surface area contributed by atoms with Gasteiger partial charge in [-0.25, -0.2) is 0 Å². The molecule has 5 nitrogen and oxygen atoms in total. The molecule has 1 N–H and O–H groups in total. The molecule has 1 atom stereocenters. The van der Waals surface area contributed by atoms with E-state index in [9.17, 15) is 4.79 Å². The number of amides is 1. The van der Waals surface area contributed by atoms with Gasteiger partial charge < -0.3 is 5.32 Å². The maximum Gasteiger partial charge on any atom is 0.221 e. The second-order valence-electron chi connectivity index (χ2n) is 6.70. The molecule has 8 heteroatoms. The van der Waals surface area contributed by atoms with E-state index in [2.05, 4.69) is 38.1 Å². The standard InChI is InChI=1S/C22H18N4OS3/c27-19(23-20(18-11-6-13-28-18)15-7-2-1-3-8-15)12-14-29-21-24-25-22-26(21)16-9-4-5-10-17(16)30-22/h1-11,13,20H,12,14H2,(H,23,27). The molecule has 0 saturated heterocycles. The van der Waals surface area contributed by atoms with Gasteiger partial charge in [-0.05, 0) is 29.1 Å². The van der Waals surface area contributed by atoms with Gasteiger partial charge in [-0.15, -0.1) is 21.5 Å². The summed E-state index contributed by atoms with van der Waals surface area (Å²) < 4.78 is 3.25. The van der Waals surface area contributed by atoms with E-state index in [1.165, 1.54) is 4.70 Å². The van der Waals surface area contributed by atoms with Crippen molar-refractivity contribution in [2.75, 3.05) is 5.75 Å². The van der Waals surface area contributed by atoms with Crippen molar-refractivity contribution >= 4 is 55.5 Å². The van der Waals surface area contributed by atoms with Gasteiger partial charge in [0.25, 0.3) is 0 Å². The zero-order chi connectivity index (χ0) is 20.3. The summed E-state index contributed by atoms with van der Waals surface area (Å²) in [5, 5.41) is 14.7. The Kier molecular flexibility index (Phi) is 5.52. The quantitative estimate of drug-likeness (QED) is 0.338. The first-order valence-corrected chi connectivity index (χ1v) is 12.2. The van der Waals surface area contributed by atoms with Crippen LogP contribution < -0.4 is 5.32 Å². The molecule has 2 aromatic carbocycles. The molecule has 0 radical (unpaired) electrons. The number of hydrogen-bond donors (Lipinski definition) is 1. The molecule has 0 aliphatic heterocycles. The number of hydrogen-bond acceptors (Lipinski definition) is 6. The lowest BCUT2D eigenvalue weighted by Crippen LogP contribution is -2.29. The Labute approximate surface area is 185 Å². The third-order valence-electron chi connectivity index (χ3n) is 4.74. The number of benzene rings is 2. The monoisotopic (exact) mass is 450 g/mol. The van der Waals surface area contributed by atoms with Gasteiger partial charge >= 0.3 is 0 Å². The number of carbonyl (C=O) groups excluding carboxylic acids is 1. The van der Waals surface area contributed by atoms with Crippen LogP contribution in [0.4, 0.5) is 0 Å². The summed E-state index contributed by atoms with van der Waals surface area (Å²) in [7, 11) is 0. The minimum absolute atomic E-state index is 0.0284. The highest BCUT2D eigenvalue weighted by atomic mass is 32.2. The number of rotatable bonds is 7. The number of nitrogens with zero attached hydrogens (tertiary/aromatic N) is 3. The fourth-order valence-electron chi connectivity index (χ4n) is 3.34. The predicted octanol–water partition coefficient (Wildman–Crippen LogP) is 5.39. The van der Waals surface area contributed by atoms with E-state index in [-0.39, 0.29) is 11.9 Å². The predicted molar refractivity (Wildman–Crippen MR) is 124 cm³/mol. The number of fused-ring (bicyclic) bond motifs is 3. The average molecular weight is 451 g/mol. The summed E-state index contributed by atoms with van der Waals surface area (Å²) >= 11 is 4.84. The molecule has 3 heterocycles. The van der Waals surface area contributed by atoms with Crippen LogP contribution in [0.3, 0.4) is 0 Å². The van der Waals surface area contributed by atoms with Gasteiger partial charge in [0.15, 0.2) is 5.16 Å². The van der Waals surface area contributed by atoms with E-state index in [0.29, 0.717) is 12.2 Å². The average Bonchev–Trinajstić information content (AvgIpc) is 3.50. The molecular formula is C22H18N4OS3. The van der Waals surface area contributed by atoms with Gasteiger partial charge in [0.1, 0.15) is 0 Å². The molecule has 3 aromatic heterocycles. The highest BCUT2D eigenvalue weighted by molar-refractivity contribution is 7.99. The molecule has 5 rings (SSSR count). The van der Waals surface area contributed by atoms with Gasteiger partial charge in [-0.3, -0.25) is 9.20 Å². The zero-order valence-corrected chi connectivity index (χ0v) is 18.3. The van der Waals surface area contributed by atoms with Crippen molar-refractivity contribution in [3.8, 4) is 0 Å². The first kappa shape index (κ1) is 19.3. The van der Waals surface area contributed by atoms with Crippen molar-refractivity contribution in [3.05, 3.63) is 82.6 Å². The number of nitrogens with one attached hydrogen (secondary N) is 1. The van der Waals surface area contributed by atoms with Crippen LogP contribution in [0.25, 0.3) is 15.2 Å². The fraction of sp³-hybridized carbons (Fsp3) is 0.136. The Balaban J connectivity index is 1.26. The Hall–Kier alpha value is -2.68. The second kappa shape index (κ2) is 8.59. The molecule has 1 unspecified atom stereocenters. The van der Waals surface area contributed by atoms with E-state index in [1.54, 1.807) is 34.4 Å². The zero-order valence-electron chi connectivity index (χ0n) is 15.9. The van der Waals surface area contributed by atoms with Gasteiger partial charge in [-0.1, -0.05) is 71.6 Å². The minimum Gasteiger partial charge on any atom is -0.344 e.